The number of para-hydroxylation sites is 1. The van der Waals surface area contributed by atoms with E-state index >= 15 is 0 Å². The highest BCUT2D eigenvalue weighted by atomic mass is 35.5. The third kappa shape index (κ3) is 3.46. The van der Waals surface area contributed by atoms with Gasteiger partial charge in [-0.3, -0.25) is 0 Å². The smallest absolute Gasteiger partial charge is 0.137 e. The summed E-state index contributed by atoms with van der Waals surface area (Å²) in [6, 6.07) is 9.47. The zero-order chi connectivity index (χ0) is 12.8. The van der Waals surface area contributed by atoms with Gasteiger partial charge >= 0.3 is 0 Å². The Balaban J connectivity index is 1.85. The van der Waals surface area contributed by atoms with Gasteiger partial charge in [0.05, 0.1) is 34.8 Å². The zero-order valence-electron chi connectivity index (χ0n) is 9.60. The van der Waals surface area contributed by atoms with Crippen molar-refractivity contribution in [3.63, 3.8) is 0 Å². The lowest BCUT2D eigenvalue weighted by Crippen LogP contribution is -2.01. The van der Waals surface area contributed by atoms with Crippen molar-refractivity contribution in [3.8, 4) is 11.8 Å². The number of hydrogen-bond donors (Lipinski definition) is 0. The molecule has 0 atom stereocenters. The molecule has 0 radical (unpaired) electrons. The Hall–Kier alpha value is -1.57. The number of rotatable bonds is 5. The first-order valence-corrected chi connectivity index (χ1v) is 6.73. The van der Waals surface area contributed by atoms with Crippen LogP contribution < -0.4 is 4.74 Å². The van der Waals surface area contributed by atoms with E-state index in [9.17, 15) is 0 Å². The van der Waals surface area contributed by atoms with E-state index in [0.29, 0.717) is 23.8 Å². The van der Waals surface area contributed by atoms with Crippen LogP contribution in [0.3, 0.4) is 0 Å². The molecule has 0 fully saturated rings. The fraction of sp³-hybridized carbons (Fsp3) is 0.231. The molecule has 3 nitrogen and oxygen atoms in total. The van der Waals surface area contributed by atoms with E-state index in [1.807, 2.05) is 23.6 Å². The van der Waals surface area contributed by atoms with Crippen LogP contribution in [0.2, 0.25) is 5.02 Å². The molecule has 18 heavy (non-hydrogen) atoms. The average molecular weight is 279 g/mol. The van der Waals surface area contributed by atoms with Gasteiger partial charge in [0.2, 0.25) is 0 Å². The van der Waals surface area contributed by atoms with Gasteiger partial charge in [-0.05, 0) is 12.1 Å². The lowest BCUT2D eigenvalue weighted by Gasteiger charge is -2.06. The van der Waals surface area contributed by atoms with Crippen molar-refractivity contribution in [1.82, 2.24) is 4.98 Å². The minimum atomic E-state index is 0.363. The second-order valence-corrected chi connectivity index (χ2v) is 4.95. The number of halogens is 1. The third-order valence-corrected chi connectivity index (χ3v) is 3.54. The number of nitrogens with zero attached hydrogens (tertiary/aromatic N) is 2. The summed E-state index contributed by atoms with van der Waals surface area (Å²) in [7, 11) is 0. The van der Waals surface area contributed by atoms with Gasteiger partial charge in [-0.2, -0.15) is 5.26 Å². The van der Waals surface area contributed by atoms with E-state index in [1.165, 1.54) is 0 Å². The van der Waals surface area contributed by atoms with E-state index in [0.717, 1.165) is 17.1 Å². The molecular weight excluding hydrogens is 268 g/mol. The van der Waals surface area contributed by atoms with Crippen LogP contribution in [0.4, 0.5) is 0 Å². The molecule has 0 amide bonds. The normalized spacial score (nSPS) is 10.0. The molecule has 92 valence electrons. The predicted octanol–water partition coefficient (Wildman–Crippen LogP) is 3.48. The maximum Gasteiger partial charge on any atom is 0.137 e. The molecule has 1 aromatic carbocycles. The molecule has 0 aliphatic carbocycles. The molecule has 1 heterocycles. The number of hydrogen-bond acceptors (Lipinski definition) is 4. The number of nitriles is 1. The highest BCUT2D eigenvalue weighted by Gasteiger charge is 2.03. The molecule has 0 bridgehead atoms. The molecule has 0 N–H and O–H groups in total. The lowest BCUT2D eigenvalue weighted by molar-refractivity contribution is 0.322. The third-order valence-electron chi connectivity index (χ3n) is 2.27. The summed E-state index contributed by atoms with van der Waals surface area (Å²) < 4.78 is 5.58. The highest BCUT2D eigenvalue weighted by molar-refractivity contribution is 7.09. The molecule has 2 aromatic rings. The van der Waals surface area contributed by atoms with Crippen molar-refractivity contribution >= 4 is 22.9 Å². The van der Waals surface area contributed by atoms with Crippen molar-refractivity contribution in [2.45, 2.75) is 12.8 Å². The summed E-state index contributed by atoms with van der Waals surface area (Å²) in [6.45, 7) is 0.531. The molecule has 5 heteroatoms. The van der Waals surface area contributed by atoms with Gasteiger partial charge in [0.25, 0.3) is 0 Å². The number of thiazole rings is 1. The summed E-state index contributed by atoms with van der Waals surface area (Å²) in [4.78, 5) is 4.34. The lowest BCUT2D eigenvalue weighted by atomic mass is 10.3. The van der Waals surface area contributed by atoms with Crippen molar-refractivity contribution in [1.29, 1.82) is 5.26 Å². The van der Waals surface area contributed by atoms with Crippen LogP contribution in [0.1, 0.15) is 10.7 Å². The molecule has 0 aliphatic heterocycles. The Labute approximate surface area is 115 Å². The van der Waals surface area contributed by atoms with Gasteiger partial charge in [-0.1, -0.05) is 23.7 Å². The van der Waals surface area contributed by atoms with Gasteiger partial charge in [0.15, 0.2) is 0 Å². The van der Waals surface area contributed by atoms with Gasteiger partial charge in [-0.15, -0.1) is 11.3 Å². The van der Waals surface area contributed by atoms with Gasteiger partial charge in [0, 0.05) is 11.8 Å². The zero-order valence-corrected chi connectivity index (χ0v) is 11.2. The maximum absolute atomic E-state index is 8.56. The minimum absolute atomic E-state index is 0.363. The van der Waals surface area contributed by atoms with E-state index < -0.39 is 0 Å². The van der Waals surface area contributed by atoms with Gasteiger partial charge in [-0.25, -0.2) is 4.98 Å². The molecule has 0 saturated heterocycles. The quantitative estimate of drug-likeness (QED) is 0.841. The van der Waals surface area contributed by atoms with E-state index in [2.05, 4.69) is 11.1 Å². The van der Waals surface area contributed by atoms with Crippen LogP contribution in [-0.4, -0.2) is 11.6 Å². The number of aromatic nitrogens is 1. The summed E-state index contributed by atoms with van der Waals surface area (Å²) in [5.41, 5.74) is 0.829. The first-order chi connectivity index (χ1) is 8.79. The number of benzene rings is 1. The molecular formula is C13H11ClN2OS. The summed E-state index contributed by atoms with van der Waals surface area (Å²) in [5, 5.41) is 12.1. The first kappa shape index (κ1) is 12.9. The van der Waals surface area contributed by atoms with Crippen LogP contribution in [0.5, 0.6) is 5.75 Å². The number of ether oxygens (including phenoxy) is 1. The Morgan fingerprint density at radius 2 is 2.22 bits per heavy atom. The van der Waals surface area contributed by atoms with Gasteiger partial charge < -0.3 is 4.74 Å². The van der Waals surface area contributed by atoms with Crippen LogP contribution in [-0.2, 0) is 12.8 Å². The maximum atomic E-state index is 8.56. The van der Waals surface area contributed by atoms with Crippen LogP contribution in [0.15, 0.2) is 29.6 Å². The Morgan fingerprint density at radius 1 is 1.39 bits per heavy atom. The topological polar surface area (TPSA) is 45.9 Å². The second kappa shape index (κ2) is 6.39. The van der Waals surface area contributed by atoms with E-state index in [1.54, 1.807) is 17.4 Å². The monoisotopic (exact) mass is 278 g/mol. The molecule has 0 spiro atoms. The minimum Gasteiger partial charge on any atom is -0.492 e. The van der Waals surface area contributed by atoms with Crippen LogP contribution in [0, 0.1) is 11.3 Å². The molecule has 2 rings (SSSR count). The SMILES string of the molecule is N#CCc1csc(CCOc2ccccc2Cl)n1. The van der Waals surface area contributed by atoms with E-state index in [4.69, 9.17) is 21.6 Å². The Morgan fingerprint density at radius 3 is 3.00 bits per heavy atom. The molecule has 0 aliphatic rings. The largest absolute Gasteiger partial charge is 0.492 e. The van der Waals surface area contributed by atoms with Gasteiger partial charge in [0.1, 0.15) is 5.75 Å². The Kier molecular flexibility index (Phi) is 4.57. The Bertz CT molecular complexity index is 562. The molecule has 1 aromatic heterocycles. The van der Waals surface area contributed by atoms with Crippen LogP contribution in [0.25, 0.3) is 0 Å². The first-order valence-electron chi connectivity index (χ1n) is 5.47. The fourth-order valence-corrected chi connectivity index (χ4v) is 2.41. The van der Waals surface area contributed by atoms with Crippen LogP contribution >= 0.6 is 22.9 Å². The van der Waals surface area contributed by atoms with Crippen molar-refractivity contribution in [2.75, 3.05) is 6.61 Å². The summed E-state index contributed by atoms with van der Waals surface area (Å²) in [5.74, 6) is 0.688. The summed E-state index contributed by atoms with van der Waals surface area (Å²) >= 11 is 7.53. The fourth-order valence-electron chi connectivity index (χ4n) is 1.44. The van der Waals surface area contributed by atoms with Crippen molar-refractivity contribution in [3.05, 3.63) is 45.4 Å². The van der Waals surface area contributed by atoms with Crippen molar-refractivity contribution < 1.29 is 4.74 Å². The average Bonchev–Trinajstić information content (AvgIpc) is 2.80. The highest BCUT2D eigenvalue weighted by Crippen LogP contribution is 2.23. The predicted molar refractivity (Wildman–Crippen MR) is 72.1 cm³/mol. The van der Waals surface area contributed by atoms with E-state index in [-0.39, 0.29) is 0 Å². The molecule has 0 saturated carbocycles. The second-order valence-electron chi connectivity index (χ2n) is 3.60. The summed E-state index contributed by atoms with van der Waals surface area (Å²) in [6.07, 6.45) is 1.09. The van der Waals surface area contributed by atoms with Crippen molar-refractivity contribution in [2.24, 2.45) is 0 Å². The standard InChI is InChI=1S/C13H11ClN2OS/c14-11-3-1-2-4-12(11)17-8-6-13-16-10(5-7-15)9-18-13/h1-4,9H,5-6,8H2. The molecule has 0 unspecified atom stereocenters.